The van der Waals surface area contributed by atoms with E-state index in [1.165, 1.54) is 5.56 Å². The third kappa shape index (κ3) is 2.34. The quantitative estimate of drug-likeness (QED) is 0.879. The summed E-state index contributed by atoms with van der Waals surface area (Å²) in [7, 11) is 3.80. The molecule has 2 unspecified atom stereocenters. The van der Waals surface area contributed by atoms with Crippen molar-refractivity contribution in [2.45, 2.75) is 19.0 Å². The van der Waals surface area contributed by atoms with Crippen molar-refractivity contribution >= 4 is 6.03 Å². The van der Waals surface area contributed by atoms with Gasteiger partial charge in [0, 0.05) is 20.1 Å². The van der Waals surface area contributed by atoms with Crippen LogP contribution in [0.4, 0.5) is 4.79 Å². The molecule has 0 radical (unpaired) electrons. The minimum absolute atomic E-state index is 0.117. The highest BCUT2D eigenvalue weighted by Crippen LogP contribution is 2.26. The van der Waals surface area contributed by atoms with Gasteiger partial charge in [-0.3, -0.25) is 0 Å². The lowest BCUT2D eigenvalue weighted by Gasteiger charge is -2.24. The molecule has 1 aliphatic heterocycles. The first-order chi connectivity index (χ1) is 8.65. The van der Waals surface area contributed by atoms with E-state index in [0.29, 0.717) is 0 Å². The summed E-state index contributed by atoms with van der Waals surface area (Å²) in [5.41, 5.74) is 1.18. The Hall–Kier alpha value is -1.55. The zero-order valence-corrected chi connectivity index (χ0v) is 11.3. The normalized spacial score (nSPS) is 21.5. The Morgan fingerprint density at radius 3 is 2.67 bits per heavy atom. The summed E-state index contributed by atoms with van der Waals surface area (Å²) in [5.74, 6) is 0. The summed E-state index contributed by atoms with van der Waals surface area (Å²) in [6, 6.07) is 10.7. The number of likely N-dealkylation sites (N-methyl/N-ethyl adjacent to an activating group) is 2. The van der Waals surface area contributed by atoms with Crippen LogP contribution < -0.4 is 5.32 Å². The van der Waals surface area contributed by atoms with Crippen molar-refractivity contribution in [3.05, 3.63) is 35.9 Å². The van der Waals surface area contributed by atoms with Crippen LogP contribution in [0, 0.1) is 0 Å². The maximum atomic E-state index is 12.2. The molecule has 1 saturated heterocycles. The zero-order valence-electron chi connectivity index (χ0n) is 11.3. The molecule has 18 heavy (non-hydrogen) atoms. The molecule has 1 aromatic rings. The van der Waals surface area contributed by atoms with Gasteiger partial charge in [-0.25, -0.2) is 4.79 Å². The summed E-state index contributed by atoms with van der Waals surface area (Å²) in [6.07, 6.45) is 0. The molecule has 0 spiro atoms. The standard InChI is InChI=1S/C14H21N3O/c1-11(12-7-5-4-6-8-12)17-10-13(9-15-2)16(3)14(17)18/h4-8,11,13,15H,9-10H2,1-3H3. The summed E-state index contributed by atoms with van der Waals surface area (Å²) in [5, 5.41) is 3.14. The predicted molar refractivity (Wildman–Crippen MR) is 72.4 cm³/mol. The fourth-order valence-corrected chi connectivity index (χ4v) is 2.46. The van der Waals surface area contributed by atoms with Gasteiger partial charge in [0.25, 0.3) is 0 Å². The van der Waals surface area contributed by atoms with Crippen LogP contribution in [0.2, 0.25) is 0 Å². The minimum Gasteiger partial charge on any atom is -0.322 e. The van der Waals surface area contributed by atoms with Crippen LogP contribution in [0.15, 0.2) is 30.3 Å². The number of urea groups is 1. The zero-order chi connectivity index (χ0) is 13.1. The number of amides is 2. The third-order valence-electron chi connectivity index (χ3n) is 3.69. The lowest BCUT2D eigenvalue weighted by Crippen LogP contribution is -2.37. The van der Waals surface area contributed by atoms with E-state index in [0.717, 1.165) is 13.1 Å². The van der Waals surface area contributed by atoms with Crippen LogP contribution in [0.25, 0.3) is 0 Å². The van der Waals surface area contributed by atoms with Gasteiger partial charge in [0.1, 0.15) is 0 Å². The van der Waals surface area contributed by atoms with Gasteiger partial charge in [0.05, 0.1) is 12.1 Å². The van der Waals surface area contributed by atoms with E-state index in [1.807, 2.05) is 42.1 Å². The molecule has 1 N–H and O–H groups in total. The maximum Gasteiger partial charge on any atom is 0.320 e. The molecule has 1 heterocycles. The van der Waals surface area contributed by atoms with E-state index in [1.54, 1.807) is 0 Å². The molecule has 1 aliphatic rings. The molecule has 98 valence electrons. The van der Waals surface area contributed by atoms with Crippen LogP contribution >= 0.6 is 0 Å². The molecule has 0 saturated carbocycles. The molecule has 2 amide bonds. The fourth-order valence-electron chi connectivity index (χ4n) is 2.46. The first kappa shape index (κ1) is 12.9. The average Bonchev–Trinajstić information content (AvgIpc) is 2.68. The fraction of sp³-hybridized carbons (Fsp3) is 0.500. The van der Waals surface area contributed by atoms with Crippen LogP contribution in [-0.2, 0) is 0 Å². The number of carbonyl (C=O) groups excluding carboxylic acids is 1. The van der Waals surface area contributed by atoms with Gasteiger partial charge in [-0.2, -0.15) is 0 Å². The van der Waals surface area contributed by atoms with Gasteiger partial charge in [0.15, 0.2) is 0 Å². The van der Waals surface area contributed by atoms with Crippen molar-refractivity contribution in [1.29, 1.82) is 0 Å². The Morgan fingerprint density at radius 1 is 1.39 bits per heavy atom. The second-order valence-electron chi connectivity index (χ2n) is 4.84. The van der Waals surface area contributed by atoms with Gasteiger partial charge >= 0.3 is 6.03 Å². The summed E-state index contributed by atoms with van der Waals surface area (Å²) in [4.78, 5) is 16.0. The molecule has 4 heteroatoms. The van der Waals surface area contributed by atoms with Gasteiger partial charge in [-0.1, -0.05) is 30.3 Å². The molecular formula is C14H21N3O. The first-order valence-electron chi connectivity index (χ1n) is 6.38. The van der Waals surface area contributed by atoms with Crippen LogP contribution in [0.5, 0.6) is 0 Å². The molecule has 1 fully saturated rings. The number of nitrogens with zero attached hydrogens (tertiary/aromatic N) is 2. The monoisotopic (exact) mass is 247 g/mol. The summed E-state index contributed by atoms with van der Waals surface area (Å²) >= 11 is 0. The van der Waals surface area contributed by atoms with Crippen molar-refractivity contribution < 1.29 is 4.79 Å². The second kappa shape index (κ2) is 5.40. The number of carbonyl (C=O) groups is 1. The van der Waals surface area contributed by atoms with Gasteiger partial charge in [0.2, 0.25) is 0 Å². The van der Waals surface area contributed by atoms with Gasteiger partial charge in [-0.15, -0.1) is 0 Å². The molecule has 1 aromatic carbocycles. The summed E-state index contributed by atoms with van der Waals surface area (Å²) in [6.45, 7) is 3.70. The SMILES string of the molecule is CNCC1CN(C(C)c2ccccc2)C(=O)N1C. The Labute approximate surface area is 109 Å². The lowest BCUT2D eigenvalue weighted by molar-refractivity contribution is 0.184. The highest BCUT2D eigenvalue weighted by Gasteiger charge is 2.36. The third-order valence-corrected chi connectivity index (χ3v) is 3.69. The van der Waals surface area contributed by atoms with Gasteiger partial charge in [-0.05, 0) is 19.5 Å². The average molecular weight is 247 g/mol. The van der Waals surface area contributed by atoms with Crippen molar-refractivity contribution in [2.75, 3.05) is 27.2 Å². The molecule has 0 aliphatic carbocycles. The lowest BCUT2D eigenvalue weighted by atomic mass is 10.1. The Kier molecular flexibility index (Phi) is 3.87. The molecule has 2 rings (SSSR count). The van der Waals surface area contributed by atoms with Crippen LogP contribution in [0.3, 0.4) is 0 Å². The highest BCUT2D eigenvalue weighted by atomic mass is 16.2. The molecule has 4 nitrogen and oxygen atoms in total. The summed E-state index contributed by atoms with van der Waals surface area (Å²) < 4.78 is 0. The van der Waals surface area contributed by atoms with Crippen molar-refractivity contribution in [3.63, 3.8) is 0 Å². The topological polar surface area (TPSA) is 35.6 Å². The van der Waals surface area contributed by atoms with E-state index in [9.17, 15) is 4.79 Å². The van der Waals surface area contributed by atoms with E-state index < -0.39 is 0 Å². The molecule has 0 bridgehead atoms. The van der Waals surface area contributed by atoms with Crippen molar-refractivity contribution in [2.24, 2.45) is 0 Å². The van der Waals surface area contributed by atoms with E-state index >= 15 is 0 Å². The minimum atomic E-state index is 0.117. The first-order valence-corrected chi connectivity index (χ1v) is 6.38. The van der Waals surface area contributed by atoms with Crippen molar-refractivity contribution in [1.82, 2.24) is 15.1 Å². The number of benzene rings is 1. The number of hydrogen-bond donors (Lipinski definition) is 1. The van der Waals surface area contributed by atoms with Crippen LogP contribution in [-0.4, -0.2) is 49.1 Å². The molecular weight excluding hydrogens is 226 g/mol. The Morgan fingerprint density at radius 2 is 2.06 bits per heavy atom. The van der Waals surface area contributed by atoms with Crippen molar-refractivity contribution in [3.8, 4) is 0 Å². The Balaban J connectivity index is 2.12. The van der Waals surface area contributed by atoms with E-state index in [2.05, 4.69) is 24.4 Å². The Bertz CT molecular complexity index is 407. The number of hydrogen-bond acceptors (Lipinski definition) is 2. The van der Waals surface area contributed by atoms with E-state index in [4.69, 9.17) is 0 Å². The number of nitrogens with one attached hydrogen (secondary N) is 1. The predicted octanol–water partition coefficient (Wildman–Crippen LogP) is 1.70. The largest absolute Gasteiger partial charge is 0.322 e. The smallest absolute Gasteiger partial charge is 0.320 e. The maximum absolute atomic E-state index is 12.2. The molecule has 0 aromatic heterocycles. The molecule has 2 atom stereocenters. The second-order valence-corrected chi connectivity index (χ2v) is 4.84. The number of rotatable bonds is 4. The van der Waals surface area contributed by atoms with Gasteiger partial charge < -0.3 is 15.1 Å². The highest BCUT2D eigenvalue weighted by molar-refractivity contribution is 5.77. The van der Waals surface area contributed by atoms with Crippen LogP contribution in [0.1, 0.15) is 18.5 Å². The van der Waals surface area contributed by atoms with E-state index in [-0.39, 0.29) is 18.1 Å².